The highest BCUT2D eigenvalue weighted by Gasteiger charge is 2.56. The Kier molecular flexibility index (Phi) is 9.22. The number of nitriles is 2. The maximum atomic E-state index is 13.0. The van der Waals surface area contributed by atoms with Gasteiger partial charge in [-0.15, -0.1) is 0 Å². The van der Waals surface area contributed by atoms with Gasteiger partial charge in [-0.3, -0.25) is 33.8 Å². The van der Waals surface area contributed by atoms with Crippen LogP contribution in [0, 0.1) is 28.6 Å². The monoisotopic (exact) mass is 699 g/mol. The quantitative estimate of drug-likeness (QED) is 0.273. The summed E-state index contributed by atoms with van der Waals surface area (Å²) in [5.74, 6) is -0.363. The molecule has 6 N–H and O–H groups in total. The number of piperidine rings is 1. The molecule has 0 radical (unpaired) electrons. The lowest BCUT2D eigenvalue weighted by atomic mass is 10.1. The summed E-state index contributed by atoms with van der Waals surface area (Å²) in [5.41, 5.74) is 18.7. The topological polar surface area (TPSA) is 230 Å². The molecule has 1 aromatic rings. The number of anilines is 1. The average Bonchev–Trinajstić information content (AvgIpc) is 3.74. The van der Waals surface area contributed by atoms with Crippen molar-refractivity contribution in [3.63, 3.8) is 0 Å². The van der Waals surface area contributed by atoms with E-state index in [0.29, 0.717) is 49.8 Å². The molecule has 10 atom stereocenters. The summed E-state index contributed by atoms with van der Waals surface area (Å²) in [6.07, 6.45) is 4.78. The van der Waals surface area contributed by atoms with E-state index in [1.54, 1.807) is 43.9 Å². The third kappa shape index (κ3) is 6.20. The van der Waals surface area contributed by atoms with Gasteiger partial charge >= 0.3 is 0 Å². The van der Waals surface area contributed by atoms with Gasteiger partial charge in [0.25, 0.3) is 0 Å². The highest BCUT2D eigenvalue weighted by atomic mass is 16.2. The molecular weight excluding hydrogens is 654 g/mol. The molecule has 0 aromatic heterocycles. The van der Waals surface area contributed by atoms with E-state index >= 15 is 0 Å². The van der Waals surface area contributed by atoms with E-state index < -0.39 is 18.0 Å². The number of benzene rings is 1. The summed E-state index contributed by atoms with van der Waals surface area (Å²) >= 11 is 0. The first-order valence-electron chi connectivity index (χ1n) is 17.8. The predicted molar refractivity (Wildman–Crippen MR) is 182 cm³/mol. The van der Waals surface area contributed by atoms with Crippen molar-refractivity contribution in [2.24, 2.45) is 23.1 Å². The lowest BCUT2D eigenvalue weighted by Gasteiger charge is -2.35. The third-order valence-electron chi connectivity index (χ3n) is 11.9. The van der Waals surface area contributed by atoms with E-state index in [1.165, 1.54) is 0 Å². The third-order valence-corrected chi connectivity index (χ3v) is 11.9. The number of piperazine rings is 2. The van der Waals surface area contributed by atoms with Crippen molar-refractivity contribution in [2.45, 2.75) is 92.9 Å². The number of primary amides is 1. The minimum Gasteiger partial charge on any atom is -0.366 e. The SMILES string of the molecule is CN1C(=O)[C@@H]2CC1CN2C[C@H](N)C(=O)N1CCC[C@H]1C#N.N#C[C@@H]1C[C@@H]2C[C@@H]2N1C(=O)[C@@H](N)CN1CC2C[C@H]1C(=O)N2c1cccc(C(N)=O)c1. The smallest absolute Gasteiger partial charge is 0.248 e. The predicted octanol–water partition coefficient (Wildman–Crippen LogP) is -1.84. The maximum absolute atomic E-state index is 13.0. The summed E-state index contributed by atoms with van der Waals surface area (Å²) in [6, 6.07) is 8.97. The van der Waals surface area contributed by atoms with Crippen molar-refractivity contribution in [3.8, 4) is 12.1 Å². The largest absolute Gasteiger partial charge is 0.366 e. The van der Waals surface area contributed by atoms with E-state index in [2.05, 4.69) is 12.1 Å². The summed E-state index contributed by atoms with van der Waals surface area (Å²) in [7, 11) is 1.83. The van der Waals surface area contributed by atoms with Crippen LogP contribution in [0.15, 0.2) is 24.3 Å². The zero-order chi connectivity index (χ0) is 36.3. The first-order chi connectivity index (χ1) is 24.4. The van der Waals surface area contributed by atoms with Crippen molar-refractivity contribution >= 4 is 35.2 Å². The number of nitrogens with zero attached hydrogens (tertiary/aromatic N) is 8. The summed E-state index contributed by atoms with van der Waals surface area (Å²) in [4.78, 5) is 72.5. The molecule has 8 rings (SSSR count). The molecule has 51 heavy (non-hydrogen) atoms. The summed E-state index contributed by atoms with van der Waals surface area (Å²) < 4.78 is 0. The van der Waals surface area contributed by atoms with Gasteiger partial charge in [-0.1, -0.05) is 6.07 Å². The Morgan fingerprint density at radius 2 is 1.53 bits per heavy atom. The summed E-state index contributed by atoms with van der Waals surface area (Å²) in [5, 5.41) is 18.4. The number of likely N-dealkylation sites (tertiary alicyclic amines) is 5. The Balaban J connectivity index is 0.000000170. The second-order valence-corrected chi connectivity index (χ2v) is 15.0. The van der Waals surface area contributed by atoms with Crippen LogP contribution in [-0.2, 0) is 19.2 Å². The molecule has 4 bridgehead atoms. The van der Waals surface area contributed by atoms with Gasteiger partial charge in [-0.25, -0.2) is 0 Å². The fourth-order valence-electron chi connectivity index (χ4n) is 9.17. The van der Waals surface area contributed by atoms with Gasteiger partial charge in [-0.05, 0) is 62.6 Å². The summed E-state index contributed by atoms with van der Waals surface area (Å²) in [6.45, 7) is 2.71. The van der Waals surface area contributed by atoms with Gasteiger partial charge < -0.3 is 36.8 Å². The Morgan fingerprint density at radius 1 is 0.882 bits per heavy atom. The first kappa shape index (κ1) is 34.8. The molecule has 6 heterocycles. The van der Waals surface area contributed by atoms with Crippen molar-refractivity contribution in [2.75, 3.05) is 44.7 Å². The van der Waals surface area contributed by atoms with Gasteiger partial charge in [0.05, 0.1) is 42.3 Å². The molecule has 2 unspecified atom stereocenters. The van der Waals surface area contributed by atoms with Crippen LogP contribution in [0.1, 0.15) is 48.9 Å². The maximum Gasteiger partial charge on any atom is 0.248 e. The molecule has 1 saturated carbocycles. The number of carbonyl (C=O) groups is 5. The molecule has 1 aliphatic carbocycles. The van der Waals surface area contributed by atoms with E-state index in [-0.39, 0.29) is 65.9 Å². The van der Waals surface area contributed by atoms with Crippen molar-refractivity contribution in [1.82, 2.24) is 24.5 Å². The average molecular weight is 700 g/mol. The van der Waals surface area contributed by atoms with Crippen LogP contribution in [0.5, 0.6) is 0 Å². The van der Waals surface area contributed by atoms with Crippen molar-refractivity contribution in [3.05, 3.63) is 29.8 Å². The number of amides is 5. The number of fused-ring (bicyclic) bond motifs is 5. The van der Waals surface area contributed by atoms with Crippen LogP contribution in [0.25, 0.3) is 0 Å². The van der Waals surface area contributed by atoms with Gasteiger partial charge in [0.2, 0.25) is 29.5 Å². The van der Waals surface area contributed by atoms with Gasteiger partial charge in [0.1, 0.15) is 12.1 Å². The molecule has 1 aromatic carbocycles. The first-order valence-corrected chi connectivity index (χ1v) is 17.8. The van der Waals surface area contributed by atoms with Crippen LogP contribution < -0.4 is 22.1 Å². The van der Waals surface area contributed by atoms with E-state index in [4.69, 9.17) is 22.5 Å². The van der Waals surface area contributed by atoms with Crippen LogP contribution >= 0.6 is 0 Å². The van der Waals surface area contributed by atoms with Gasteiger partial charge in [-0.2, -0.15) is 10.5 Å². The van der Waals surface area contributed by atoms with Crippen LogP contribution in [0.3, 0.4) is 0 Å². The number of hydrogen-bond donors (Lipinski definition) is 3. The molecule has 5 amide bonds. The Bertz CT molecular complexity index is 1710. The highest BCUT2D eigenvalue weighted by molar-refractivity contribution is 6.02. The molecule has 0 spiro atoms. The second-order valence-electron chi connectivity index (χ2n) is 15.0. The molecule has 7 fully saturated rings. The molecule has 16 heteroatoms. The minimum atomic E-state index is -0.751. The lowest BCUT2D eigenvalue weighted by molar-refractivity contribution is -0.138. The zero-order valence-electron chi connectivity index (χ0n) is 28.7. The minimum absolute atomic E-state index is 0.0283. The Hall–Kier alpha value is -4.61. The van der Waals surface area contributed by atoms with E-state index in [0.717, 1.165) is 38.6 Å². The lowest BCUT2D eigenvalue weighted by Crippen LogP contribution is -2.57. The van der Waals surface area contributed by atoms with E-state index in [9.17, 15) is 29.2 Å². The highest BCUT2D eigenvalue weighted by Crippen LogP contribution is 2.48. The molecular formula is C35H45N11O5. The molecule has 6 aliphatic heterocycles. The van der Waals surface area contributed by atoms with Gasteiger partial charge in [0.15, 0.2) is 0 Å². The Labute approximate surface area is 296 Å². The standard InChI is InChI=1S/C21H24N6O3.C14H21N5O2/c22-8-14-5-12-6-17(12)27(14)20(29)16(23)10-25-9-15-7-18(25)21(30)26(15)13-3-1-2-11(4-13)19(24)28;1-17-10-5-12(14(17)21)18(7-10)8-11(16)13(20)19-4-2-3-9(19)6-15/h1-4,12,14-18H,5-7,9-10,23H2,(H2,24,28);9-12H,2-5,7-8,16H2,1H3/t12-,14+,15?,16+,17+,18+;9-,10?,11-,12-/m10/s1. The number of likely N-dealkylation sites (N-methyl/N-ethyl adjacent to an activating group) is 1. The van der Waals surface area contributed by atoms with Crippen molar-refractivity contribution < 1.29 is 24.0 Å². The number of hydrogen-bond acceptors (Lipinski definition) is 11. The molecule has 270 valence electrons. The number of carbonyl (C=O) groups excluding carboxylic acids is 5. The number of nitrogens with two attached hydrogens (primary N) is 3. The van der Waals surface area contributed by atoms with Crippen molar-refractivity contribution in [1.29, 1.82) is 10.5 Å². The number of rotatable bonds is 8. The van der Waals surface area contributed by atoms with Crippen LogP contribution in [0.4, 0.5) is 5.69 Å². The van der Waals surface area contributed by atoms with Crippen LogP contribution in [-0.4, -0.2) is 148 Å². The fraction of sp³-hybridized carbons (Fsp3) is 0.629. The Morgan fingerprint density at radius 3 is 2.16 bits per heavy atom. The zero-order valence-corrected chi connectivity index (χ0v) is 28.7. The second kappa shape index (κ2) is 13.5. The van der Waals surface area contributed by atoms with E-state index in [1.807, 2.05) is 16.8 Å². The normalized spacial score (nSPS) is 33.1. The molecule has 6 saturated heterocycles. The van der Waals surface area contributed by atoms with Crippen LogP contribution in [0.2, 0.25) is 0 Å². The molecule has 16 nitrogen and oxygen atoms in total. The van der Waals surface area contributed by atoms with Gasteiger partial charge in [0, 0.05) is 63.1 Å². The fourth-order valence-corrected chi connectivity index (χ4v) is 9.17. The molecule has 7 aliphatic rings.